The molecule has 3 heterocycles. The van der Waals surface area contributed by atoms with Gasteiger partial charge in [-0.15, -0.1) is 11.3 Å². The first kappa shape index (κ1) is 14.3. The number of likely N-dealkylation sites (N-methyl/N-ethyl adjacent to an activating group) is 1. The first-order valence-corrected chi connectivity index (χ1v) is 7.75. The molecule has 21 heavy (non-hydrogen) atoms. The van der Waals surface area contributed by atoms with E-state index < -0.39 is 0 Å². The van der Waals surface area contributed by atoms with E-state index in [0.29, 0.717) is 30.5 Å². The Morgan fingerprint density at radius 3 is 2.76 bits per heavy atom. The molecule has 2 aliphatic heterocycles. The molecule has 0 radical (unpaired) electrons. The highest BCUT2D eigenvalue weighted by atomic mass is 32.1. The predicted octanol–water partition coefficient (Wildman–Crippen LogP) is 0.189. The van der Waals surface area contributed by atoms with Gasteiger partial charge >= 0.3 is 0 Å². The molecule has 1 spiro atoms. The third-order valence-electron chi connectivity index (χ3n) is 4.16. The van der Waals surface area contributed by atoms with E-state index in [4.69, 9.17) is 10.5 Å². The molecule has 7 nitrogen and oxygen atoms in total. The van der Waals surface area contributed by atoms with Crippen molar-refractivity contribution in [3.63, 3.8) is 0 Å². The third kappa shape index (κ3) is 2.73. The standard InChI is InChI=1S/C13H18N4O3S/c1-16-8-13(20-6-10(16)18)2-4-17(5-3-13)11(19)9-7-21-12(14)15-9/h7H,2-6,8H2,1H3,(H2,14,15). The van der Waals surface area contributed by atoms with E-state index >= 15 is 0 Å². The first-order chi connectivity index (χ1) is 9.99. The Hall–Kier alpha value is -1.67. The number of aromatic nitrogens is 1. The van der Waals surface area contributed by atoms with E-state index in [9.17, 15) is 9.59 Å². The van der Waals surface area contributed by atoms with E-state index in [2.05, 4.69) is 4.98 Å². The summed E-state index contributed by atoms with van der Waals surface area (Å²) in [6.07, 6.45) is 1.46. The third-order valence-corrected chi connectivity index (χ3v) is 4.83. The highest BCUT2D eigenvalue weighted by Crippen LogP contribution is 2.30. The van der Waals surface area contributed by atoms with Crippen LogP contribution in [0.5, 0.6) is 0 Å². The largest absolute Gasteiger partial charge is 0.375 e. The lowest BCUT2D eigenvalue weighted by molar-refractivity contribution is -0.167. The lowest BCUT2D eigenvalue weighted by Gasteiger charge is -2.46. The highest BCUT2D eigenvalue weighted by molar-refractivity contribution is 7.13. The SMILES string of the molecule is CN1CC2(CCN(C(=O)c3csc(N)n3)CC2)OCC1=O. The summed E-state index contributed by atoms with van der Waals surface area (Å²) in [6.45, 7) is 1.95. The molecule has 0 aromatic carbocycles. The molecule has 0 aliphatic carbocycles. The fourth-order valence-corrected chi connectivity index (χ4v) is 3.40. The van der Waals surface area contributed by atoms with E-state index in [1.165, 1.54) is 11.3 Å². The van der Waals surface area contributed by atoms with Gasteiger partial charge in [-0.2, -0.15) is 0 Å². The number of likely N-dealkylation sites (tertiary alicyclic amines) is 1. The van der Waals surface area contributed by atoms with Crippen molar-refractivity contribution < 1.29 is 14.3 Å². The van der Waals surface area contributed by atoms with Crippen LogP contribution in [0.15, 0.2) is 5.38 Å². The van der Waals surface area contributed by atoms with Crippen molar-refractivity contribution in [3.05, 3.63) is 11.1 Å². The number of carbonyl (C=O) groups excluding carboxylic acids is 2. The smallest absolute Gasteiger partial charge is 0.273 e. The minimum absolute atomic E-state index is 0.0112. The molecular formula is C13H18N4O3S. The van der Waals surface area contributed by atoms with Gasteiger partial charge in [0, 0.05) is 32.1 Å². The number of hydrogen-bond donors (Lipinski definition) is 1. The fourth-order valence-electron chi connectivity index (χ4n) is 2.86. The van der Waals surface area contributed by atoms with Crippen molar-refractivity contribution in [2.75, 3.05) is 39.0 Å². The van der Waals surface area contributed by atoms with Crippen LogP contribution in [0.25, 0.3) is 0 Å². The maximum atomic E-state index is 12.3. The van der Waals surface area contributed by atoms with E-state index in [1.54, 1.807) is 22.2 Å². The number of piperidine rings is 1. The fraction of sp³-hybridized carbons (Fsp3) is 0.615. The summed E-state index contributed by atoms with van der Waals surface area (Å²) in [6, 6.07) is 0. The van der Waals surface area contributed by atoms with Crippen molar-refractivity contribution in [1.29, 1.82) is 0 Å². The molecule has 0 unspecified atom stereocenters. The number of morpholine rings is 1. The Morgan fingerprint density at radius 2 is 2.19 bits per heavy atom. The zero-order valence-electron chi connectivity index (χ0n) is 11.9. The summed E-state index contributed by atoms with van der Waals surface area (Å²) in [5, 5.41) is 2.09. The molecule has 114 valence electrons. The molecule has 2 fully saturated rings. The topological polar surface area (TPSA) is 88.8 Å². The normalized spacial score (nSPS) is 21.9. The van der Waals surface area contributed by atoms with Crippen molar-refractivity contribution in [1.82, 2.24) is 14.8 Å². The number of rotatable bonds is 1. The van der Waals surface area contributed by atoms with Gasteiger partial charge < -0.3 is 20.3 Å². The lowest BCUT2D eigenvalue weighted by atomic mass is 9.89. The molecule has 0 bridgehead atoms. The van der Waals surface area contributed by atoms with Crippen LogP contribution in [0.3, 0.4) is 0 Å². The van der Waals surface area contributed by atoms with Gasteiger partial charge in [0.15, 0.2) is 5.13 Å². The summed E-state index contributed by atoms with van der Waals surface area (Å²) in [4.78, 5) is 31.3. The average Bonchev–Trinajstić information content (AvgIpc) is 2.90. The van der Waals surface area contributed by atoms with Crippen LogP contribution in [0.4, 0.5) is 5.13 Å². The molecule has 2 amide bonds. The second kappa shape index (κ2) is 5.27. The summed E-state index contributed by atoms with van der Waals surface area (Å²) < 4.78 is 5.76. The molecule has 2 saturated heterocycles. The number of ether oxygens (including phenoxy) is 1. The number of carbonyl (C=O) groups is 2. The molecule has 2 aliphatic rings. The molecule has 2 N–H and O–H groups in total. The van der Waals surface area contributed by atoms with Crippen LogP contribution in [0, 0.1) is 0 Å². The Morgan fingerprint density at radius 1 is 1.48 bits per heavy atom. The van der Waals surface area contributed by atoms with Gasteiger partial charge in [-0.25, -0.2) is 4.98 Å². The van der Waals surface area contributed by atoms with Crippen LogP contribution >= 0.6 is 11.3 Å². The second-order valence-electron chi connectivity index (χ2n) is 5.58. The zero-order chi connectivity index (χ0) is 15.0. The van der Waals surface area contributed by atoms with Gasteiger partial charge in [-0.1, -0.05) is 0 Å². The molecule has 0 saturated carbocycles. The zero-order valence-corrected chi connectivity index (χ0v) is 12.7. The first-order valence-electron chi connectivity index (χ1n) is 6.87. The number of nitrogen functional groups attached to an aromatic ring is 1. The second-order valence-corrected chi connectivity index (χ2v) is 6.47. The van der Waals surface area contributed by atoms with Gasteiger partial charge in [0.1, 0.15) is 12.3 Å². The Kier molecular flexibility index (Phi) is 3.58. The number of amides is 2. The average molecular weight is 310 g/mol. The summed E-state index contributed by atoms with van der Waals surface area (Å²) >= 11 is 1.27. The number of thiazole rings is 1. The number of nitrogens with two attached hydrogens (primary N) is 1. The van der Waals surface area contributed by atoms with E-state index in [-0.39, 0.29) is 24.0 Å². The summed E-state index contributed by atoms with van der Waals surface area (Å²) in [7, 11) is 1.79. The van der Waals surface area contributed by atoms with Gasteiger partial charge in [0.25, 0.3) is 5.91 Å². The highest BCUT2D eigenvalue weighted by Gasteiger charge is 2.42. The van der Waals surface area contributed by atoms with Crippen molar-refractivity contribution in [2.45, 2.75) is 18.4 Å². The van der Waals surface area contributed by atoms with Crippen molar-refractivity contribution >= 4 is 28.3 Å². The maximum absolute atomic E-state index is 12.3. The molecule has 1 aromatic rings. The predicted molar refractivity (Wildman–Crippen MR) is 78.0 cm³/mol. The molecule has 1 aromatic heterocycles. The number of anilines is 1. The van der Waals surface area contributed by atoms with Gasteiger partial charge in [-0.3, -0.25) is 9.59 Å². The van der Waals surface area contributed by atoms with Gasteiger partial charge in [0.2, 0.25) is 5.91 Å². The minimum Gasteiger partial charge on any atom is -0.375 e. The Labute approximate surface area is 126 Å². The maximum Gasteiger partial charge on any atom is 0.273 e. The monoisotopic (exact) mass is 310 g/mol. The van der Waals surface area contributed by atoms with Crippen molar-refractivity contribution in [3.8, 4) is 0 Å². The van der Waals surface area contributed by atoms with Crippen LogP contribution in [0.1, 0.15) is 23.3 Å². The molecular weight excluding hydrogens is 292 g/mol. The lowest BCUT2D eigenvalue weighted by Crippen LogP contribution is -2.58. The van der Waals surface area contributed by atoms with E-state index in [1.807, 2.05) is 0 Å². The van der Waals surface area contributed by atoms with Gasteiger partial charge in [-0.05, 0) is 12.8 Å². The quantitative estimate of drug-likeness (QED) is 0.800. The van der Waals surface area contributed by atoms with Crippen LogP contribution in [-0.4, -0.2) is 65.5 Å². The van der Waals surface area contributed by atoms with E-state index in [0.717, 1.165) is 12.8 Å². The molecule has 3 rings (SSSR count). The van der Waals surface area contributed by atoms with Crippen LogP contribution < -0.4 is 5.73 Å². The number of nitrogens with zero attached hydrogens (tertiary/aromatic N) is 3. The van der Waals surface area contributed by atoms with Crippen LogP contribution in [-0.2, 0) is 9.53 Å². The van der Waals surface area contributed by atoms with Crippen molar-refractivity contribution in [2.24, 2.45) is 0 Å². The Balaban J connectivity index is 1.63. The Bertz CT molecular complexity index is 566. The number of hydrogen-bond acceptors (Lipinski definition) is 6. The van der Waals surface area contributed by atoms with Crippen LogP contribution in [0.2, 0.25) is 0 Å². The molecule has 0 atom stereocenters. The minimum atomic E-state index is -0.305. The van der Waals surface area contributed by atoms with Gasteiger partial charge in [0.05, 0.1) is 5.60 Å². The summed E-state index contributed by atoms with van der Waals surface area (Å²) in [5.41, 5.74) is 5.67. The molecule has 8 heteroatoms. The summed E-state index contributed by atoms with van der Waals surface area (Å²) in [5.74, 6) is -0.0740.